The summed E-state index contributed by atoms with van der Waals surface area (Å²) in [7, 11) is -3.36. The largest absolute Gasteiger partial charge is 0.379 e. The molecule has 11 heteroatoms. The number of nitro groups is 1. The minimum atomic E-state index is -3.36. The zero-order valence-corrected chi connectivity index (χ0v) is 13.8. The van der Waals surface area contributed by atoms with Gasteiger partial charge in [0, 0.05) is 18.3 Å². The summed E-state index contributed by atoms with van der Waals surface area (Å²) in [6.07, 6.45) is 1.07. The Kier molecular flexibility index (Phi) is 4.23. The molecule has 0 radical (unpaired) electrons. The number of nitro benzene ring substituents is 1. The summed E-state index contributed by atoms with van der Waals surface area (Å²) in [6.45, 7) is 0.346. The molecule has 0 aliphatic heterocycles. The van der Waals surface area contributed by atoms with E-state index in [0.717, 1.165) is 11.8 Å². The summed E-state index contributed by atoms with van der Waals surface area (Å²) < 4.78 is 29.6. The van der Waals surface area contributed by atoms with E-state index in [4.69, 9.17) is 0 Å². The van der Waals surface area contributed by atoms with E-state index in [1.807, 2.05) is 6.07 Å². The molecule has 3 rings (SSSR count). The van der Waals surface area contributed by atoms with Crippen molar-refractivity contribution in [2.45, 2.75) is 6.54 Å². The molecule has 1 heterocycles. The monoisotopic (exact) mass is 363 g/mol. The number of hydrogen-bond acceptors (Lipinski definition) is 8. The highest BCUT2D eigenvalue weighted by Crippen LogP contribution is 2.29. The molecule has 130 valence electrons. The molecule has 2 N–H and O–H groups in total. The van der Waals surface area contributed by atoms with Gasteiger partial charge in [-0.2, -0.15) is 0 Å². The molecule has 0 spiro atoms. The summed E-state index contributed by atoms with van der Waals surface area (Å²) >= 11 is 0. The van der Waals surface area contributed by atoms with Crippen LogP contribution in [0.25, 0.3) is 11.0 Å². The molecule has 0 saturated heterocycles. The van der Waals surface area contributed by atoms with Crippen molar-refractivity contribution in [1.82, 2.24) is 10.3 Å². The number of sulfonamides is 1. The van der Waals surface area contributed by atoms with E-state index in [1.54, 1.807) is 18.2 Å². The second-order valence-corrected chi connectivity index (χ2v) is 7.03. The fourth-order valence-corrected chi connectivity index (χ4v) is 2.85. The zero-order valence-electron chi connectivity index (χ0n) is 13.0. The first-order valence-corrected chi connectivity index (χ1v) is 8.93. The van der Waals surface area contributed by atoms with E-state index in [0.29, 0.717) is 17.9 Å². The minimum Gasteiger partial charge on any atom is -0.379 e. The summed E-state index contributed by atoms with van der Waals surface area (Å²) in [5.74, 6) is 0. The highest BCUT2D eigenvalue weighted by atomic mass is 32.2. The summed E-state index contributed by atoms with van der Waals surface area (Å²) in [5, 5.41) is 21.3. The third-order valence-electron chi connectivity index (χ3n) is 3.30. The molecule has 0 aliphatic carbocycles. The van der Waals surface area contributed by atoms with Crippen LogP contribution >= 0.6 is 0 Å². The number of non-ortho nitro benzene ring substituents is 1. The Morgan fingerprint density at radius 2 is 1.96 bits per heavy atom. The van der Waals surface area contributed by atoms with Crippen LogP contribution in [-0.2, 0) is 16.6 Å². The molecule has 0 aliphatic rings. The van der Waals surface area contributed by atoms with Crippen LogP contribution in [0.1, 0.15) is 5.56 Å². The van der Waals surface area contributed by atoms with Crippen LogP contribution in [0.5, 0.6) is 0 Å². The van der Waals surface area contributed by atoms with Gasteiger partial charge in [-0.3, -0.25) is 14.8 Å². The van der Waals surface area contributed by atoms with Gasteiger partial charge in [0.25, 0.3) is 0 Å². The van der Waals surface area contributed by atoms with Gasteiger partial charge in [-0.1, -0.05) is 12.1 Å². The smallest absolute Gasteiger partial charge is 0.300 e. The lowest BCUT2D eigenvalue weighted by Gasteiger charge is -2.09. The van der Waals surface area contributed by atoms with Gasteiger partial charge in [-0.15, -0.1) is 0 Å². The number of hydrogen-bond donors (Lipinski definition) is 2. The molecule has 2 aromatic carbocycles. The third-order valence-corrected chi connectivity index (χ3v) is 3.91. The van der Waals surface area contributed by atoms with Crippen molar-refractivity contribution < 1.29 is 18.0 Å². The molecule has 0 bridgehead atoms. The fourth-order valence-electron chi connectivity index (χ4n) is 2.30. The van der Waals surface area contributed by atoms with Crippen molar-refractivity contribution in [3.8, 4) is 0 Å². The summed E-state index contributed by atoms with van der Waals surface area (Å²) in [4.78, 5) is 10.4. The lowest BCUT2D eigenvalue weighted by molar-refractivity contribution is -0.383. The van der Waals surface area contributed by atoms with Gasteiger partial charge in [0.15, 0.2) is 5.52 Å². The SMILES string of the molecule is CS(=O)(=O)Nc1cccc(CNc2ccc([N+](=O)[O-])c3nonc23)c1. The fraction of sp³-hybridized carbons (Fsp3) is 0.143. The van der Waals surface area contributed by atoms with E-state index in [1.165, 1.54) is 12.1 Å². The number of aromatic nitrogens is 2. The molecule has 0 saturated carbocycles. The summed E-state index contributed by atoms with van der Waals surface area (Å²) in [5.41, 5.74) is 1.88. The second kappa shape index (κ2) is 6.36. The maximum atomic E-state index is 11.3. The van der Waals surface area contributed by atoms with E-state index in [9.17, 15) is 18.5 Å². The van der Waals surface area contributed by atoms with Crippen molar-refractivity contribution in [1.29, 1.82) is 0 Å². The number of fused-ring (bicyclic) bond motifs is 1. The van der Waals surface area contributed by atoms with Crippen LogP contribution in [0.3, 0.4) is 0 Å². The van der Waals surface area contributed by atoms with Crippen LogP contribution in [0.2, 0.25) is 0 Å². The Hall–Kier alpha value is -3.21. The number of anilines is 2. The van der Waals surface area contributed by atoms with Crippen molar-refractivity contribution in [3.05, 3.63) is 52.1 Å². The minimum absolute atomic E-state index is 0.0579. The molecule has 10 nitrogen and oxygen atoms in total. The van der Waals surface area contributed by atoms with Gasteiger partial charge in [0.2, 0.25) is 15.5 Å². The van der Waals surface area contributed by atoms with Crippen molar-refractivity contribution in [2.24, 2.45) is 0 Å². The standard InChI is InChI=1S/C14H13N5O5S/c1-25(22,23)18-10-4-2-3-9(7-10)8-15-11-5-6-12(19(20)21)14-13(11)16-24-17-14/h2-7,15,18H,8H2,1H3. The first-order valence-electron chi connectivity index (χ1n) is 7.04. The predicted octanol–water partition coefficient (Wildman–Crippen LogP) is 2.11. The van der Waals surface area contributed by atoms with E-state index in [2.05, 4.69) is 25.0 Å². The molecule has 0 atom stereocenters. The summed E-state index contributed by atoms with van der Waals surface area (Å²) in [6, 6.07) is 9.67. The normalized spacial score (nSPS) is 11.4. The Bertz CT molecular complexity index is 1050. The Morgan fingerprint density at radius 3 is 2.68 bits per heavy atom. The molecule has 0 fully saturated rings. The lowest BCUT2D eigenvalue weighted by Crippen LogP contribution is -2.10. The first kappa shape index (κ1) is 16.6. The Labute approximate surface area is 142 Å². The molecular formula is C14H13N5O5S. The van der Waals surface area contributed by atoms with Gasteiger partial charge in [0.1, 0.15) is 0 Å². The van der Waals surface area contributed by atoms with E-state index < -0.39 is 14.9 Å². The average molecular weight is 363 g/mol. The van der Waals surface area contributed by atoms with E-state index >= 15 is 0 Å². The second-order valence-electron chi connectivity index (χ2n) is 5.28. The predicted molar refractivity (Wildman–Crippen MR) is 90.7 cm³/mol. The van der Waals surface area contributed by atoms with Crippen LogP contribution in [-0.4, -0.2) is 29.9 Å². The maximum Gasteiger partial charge on any atom is 0.300 e. The van der Waals surface area contributed by atoms with E-state index in [-0.39, 0.29) is 16.7 Å². The molecule has 0 amide bonds. The van der Waals surface area contributed by atoms with Gasteiger partial charge >= 0.3 is 5.69 Å². The molecular weight excluding hydrogens is 350 g/mol. The number of nitrogens with zero attached hydrogens (tertiary/aromatic N) is 3. The molecule has 0 unspecified atom stereocenters. The topological polar surface area (TPSA) is 140 Å². The highest BCUT2D eigenvalue weighted by Gasteiger charge is 2.19. The number of benzene rings is 2. The zero-order chi connectivity index (χ0) is 18.0. The first-order chi connectivity index (χ1) is 11.8. The van der Waals surface area contributed by atoms with Gasteiger partial charge < -0.3 is 5.32 Å². The van der Waals surface area contributed by atoms with Gasteiger partial charge in [-0.25, -0.2) is 13.0 Å². The van der Waals surface area contributed by atoms with Gasteiger partial charge in [-0.05, 0) is 34.1 Å². The van der Waals surface area contributed by atoms with Crippen molar-refractivity contribution in [3.63, 3.8) is 0 Å². The number of nitrogens with one attached hydrogen (secondary N) is 2. The van der Waals surface area contributed by atoms with Crippen LogP contribution in [0, 0.1) is 10.1 Å². The molecule has 25 heavy (non-hydrogen) atoms. The third kappa shape index (κ3) is 3.83. The Morgan fingerprint density at radius 1 is 1.20 bits per heavy atom. The highest BCUT2D eigenvalue weighted by molar-refractivity contribution is 7.92. The molecule has 3 aromatic rings. The quantitative estimate of drug-likeness (QED) is 0.501. The molecule has 1 aromatic heterocycles. The lowest BCUT2D eigenvalue weighted by atomic mass is 10.2. The Balaban J connectivity index is 1.82. The van der Waals surface area contributed by atoms with Crippen LogP contribution in [0.15, 0.2) is 41.0 Å². The van der Waals surface area contributed by atoms with Crippen molar-refractivity contribution >= 4 is 38.1 Å². The van der Waals surface area contributed by atoms with Crippen molar-refractivity contribution in [2.75, 3.05) is 16.3 Å². The maximum absolute atomic E-state index is 11.3. The number of rotatable bonds is 6. The van der Waals surface area contributed by atoms with Crippen LogP contribution < -0.4 is 10.0 Å². The van der Waals surface area contributed by atoms with Gasteiger partial charge in [0.05, 0.1) is 16.9 Å². The average Bonchev–Trinajstić information content (AvgIpc) is 3.00. The van der Waals surface area contributed by atoms with Crippen LogP contribution in [0.4, 0.5) is 17.1 Å².